The van der Waals surface area contributed by atoms with Crippen molar-refractivity contribution in [3.8, 4) is 5.75 Å². The summed E-state index contributed by atoms with van der Waals surface area (Å²) in [7, 11) is 0. The van der Waals surface area contributed by atoms with Crippen molar-refractivity contribution in [1.82, 2.24) is 26.1 Å². The number of ketones is 1. The predicted molar refractivity (Wildman–Crippen MR) is 240 cm³/mol. The molecule has 0 radical (unpaired) electrons. The van der Waals surface area contributed by atoms with Gasteiger partial charge in [0.15, 0.2) is 0 Å². The van der Waals surface area contributed by atoms with Gasteiger partial charge in [-0.05, 0) is 87.5 Å². The minimum atomic E-state index is -1.43. The molecule has 0 aromatic heterocycles. The van der Waals surface area contributed by atoms with Gasteiger partial charge < -0.3 is 35.5 Å². The van der Waals surface area contributed by atoms with Crippen LogP contribution in [0.5, 0.6) is 5.75 Å². The van der Waals surface area contributed by atoms with Crippen LogP contribution in [-0.2, 0) is 51.2 Å². The maximum atomic E-state index is 14.6. The van der Waals surface area contributed by atoms with Crippen molar-refractivity contribution in [3.05, 3.63) is 76.9 Å². The number of carbonyl (C=O) groups is 6. The molecule has 1 aromatic carbocycles. The van der Waals surface area contributed by atoms with Gasteiger partial charge in [-0.1, -0.05) is 76.3 Å². The van der Waals surface area contributed by atoms with Crippen molar-refractivity contribution in [1.29, 1.82) is 0 Å². The molecule has 2 saturated heterocycles. The smallest absolute Gasteiger partial charge is 0.325 e. The lowest BCUT2D eigenvalue weighted by Gasteiger charge is -2.36. The van der Waals surface area contributed by atoms with E-state index < -0.39 is 77.9 Å². The molecule has 64 heavy (non-hydrogen) atoms. The SMILES string of the molecule is CCc1c(C[C@@H]2NC(=O)[C@H](C(C)C)NC(=O)[C@H](CCC(C)=O)[C@H](O)[C@@H](C)[C@@H](O)/C=C/C=C/C[C@@H](/C(C)=C/C=C/C(=O)N3CCCCO3)OC(=O)C3CCCN(N3)C2=O)ccc(C)c1O. The molecule has 16 heteroatoms. The standard InChI is InChI=1S/C48H69N5O11/c1-8-35-34(23-21-31(5)43(35)57)28-38-47(61)52-25-15-17-37(51-52)48(62)64-40(30(4)16-14-20-41(56)53-26-12-13-27-63-53)19-11-9-10-18-39(55)33(7)44(58)36(24-22-32(6)54)45(59)50-42(29(2)3)46(60)49-38/h9-11,14,16,18,20-21,23,29,33,36-40,42,44,51,55,57-58H,8,12-13,15,17,19,22,24-28H2,1-7H3,(H,49,60)(H,50,59)/b11-9+,18-10+,20-14+,30-16+/t33-,36+,37?,38-,39-,40-,42-,44+/m0/s1. The highest BCUT2D eigenvalue weighted by Gasteiger charge is 2.39. The molecule has 2 bridgehead atoms. The molecule has 3 heterocycles. The van der Waals surface area contributed by atoms with Crippen LogP contribution in [0.25, 0.3) is 0 Å². The van der Waals surface area contributed by atoms with Crippen molar-refractivity contribution >= 4 is 35.4 Å². The van der Waals surface area contributed by atoms with E-state index >= 15 is 0 Å². The summed E-state index contributed by atoms with van der Waals surface area (Å²) in [4.78, 5) is 87.2. The lowest BCUT2D eigenvalue weighted by Crippen LogP contribution is -2.62. The monoisotopic (exact) mass is 891 g/mol. The molecule has 0 spiro atoms. The van der Waals surface area contributed by atoms with E-state index in [-0.39, 0.29) is 49.7 Å². The Balaban J connectivity index is 1.74. The van der Waals surface area contributed by atoms with E-state index in [2.05, 4.69) is 16.1 Å². The number of aliphatic hydroxyl groups excluding tert-OH is 2. The minimum Gasteiger partial charge on any atom is -0.507 e. The van der Waals surface area contributed by atoms with Crippen molar-refractivity contribution in [3.63, 3.8) is 0 Å². The highest BCUT2D eigenvalue weighted by Crippen LogP contribution is 2.28. The quantitative estimate of drug-likeness (QED) is 0.112. The third-order valence-electron chi connectivity index (χ3n) is 12.1. The molecule has 4 rings (SSSR count). The number of nitrogens with zero attached hydrogens (tertiary/aromatic N) is 2. The van der Waals surface area contributed by atoms with Gasteiger partial charge >= 0.3 is 5.97 Å². The number of carbonyl (C=O) groups excluding carboxylic acids is 6. The molecule has 1 unspecified atom stereocenters. The van der Waals surface area contributed by atoms with E-state index in [1.54, 1.807) is 77.1 Å². The normalized spacial score (nSPS) is 28.4. The number of aryl methyl sites for hydroxylation is 1. The number of phenolic OH excluding ortho intramolecular Hbond substituents is 1. The fourth-order valence-corrected chi connectivity index (χ4v) is 7.97. The average molecular weight is 892 g/mol. The molecule has 0 saturated carbocycles. The Morgan fingerprint density at radius 3 is 2.42 bits per heavy atom. The number of hydrogen-bond acceptors (Lipinski definition) is 12. The van der Waals surface area contributed by atoms with Crippen molar-refractivity contribution in [2.45, 2.75) is 143 Å². The number of aromatic hydroxyl groups is 1. The van der Waals surface area contributed by atoms with E-state index in [1.165, 1.54) is 29.1 Å². The number of cyclic esters (lactones) is 1. The first-order valence-electron chi connectivity index (χ1n) is 22.6. The Labute approximate surface area is 377 Å². The zero-order valence-corrected chi connectivity index (χ0v) is 38.4. The summed E-state index contributed by atoms with van der Waals surface area (Å²) in [5, 5.41) is 41.9. The van der Waals surface area contributed by atoms with E-state index in [4.69, 9.17) is 9.57 Å². The van der Waals surface area contributed by atoms with Crippen LogP contribution in [-0.4, -0.2) is 117 Å². The summed E-state index contributed by atoms with van der Waals surface area (Å²) < 4.78 is 6.09. The second kappa shape index (κ2) is 24.8. The topological polar surface area (TPSA) is 224 Å². The number of esters is 1. The third-order valence-corrected chi connectivity index (χ3v) is 12.1. The van der Waals surface area contributed by atoms with Crippen molar-refractivity contribution in [2.24, 2.45) is 17.8 Å². The maximum absolute atomic E-state index is 14.6. The average Bonchev–Trinajstić information content (AvgIpc) is 3.27. The molecule has 352 valence electrons. The van der Waals surface area contributed by atoms with E-state index in [9.17, 15) is 44.1 Å². The summed E-state index contributed by atoms with van der Waals surface area (Å²) in [6, 6.07) is 0.169. The second-order valence-corrected chi connectivity index (χ2v) is 17.4. The molecule has 2 fully saturated rings. The van der Waals surface area contributed by atoms with Crippen LogP contribution in [0.2, 0.25) is 0 Å². The molecule has 16 nitrogen and oxygen atoms in total. The molecule has 1 aromatic rings. The van der Waals surface area contributed by atoms with Crippen LogP contribution in [0.3, 0.4) is 0 Å². The second-order valence-electron chi connectivity index (χ2n) is 17.4. The van der Waals surface area contributed by atoms with Crippen LogP contribution in [0.15, 0.2) is 60.2 Å². The minimum absolute atomic E-state index is 0.0306. The van der Waals surface area contributed by atoms with Crippen LogP contribution in [0.1, 0.15) is 103 Å². The largest absolute Gasteiger partial charge is 0.507 e. The highest BCUT2D eigenvalue weighted by atomic mass is 16.7. The first kappa shape index (κ1) is 51.5. The number of aliphatic hydroxyl groups is 2. The first-order chi connectivity index (χ1) is 30.4. The van der Waals surface area contributed by atoms with Gasteiger partial charge in [-0.2, -0.15) is 0 Å². The Morgan fingerprint density at radius 2 is 1.75 bits per heavy atom. The van der Waals surface area contributed by atoms with Gasteiger partial charge in [0, 0.05) is 44.3 Å². The van der Waals surface area contributed by atoms with Gasteiger partial charge in [-0.15, -0.1) is 0 Å². The summed E-state index contributed by atoms with van der Waals surface area (Å²) in [6.45, 7) is 12.9. The van der Waals surface area contributed by atoms with Crippen LogP contribution < -0.4 is 16.1 Å². The Morgan fingerprint density at radius 1 is 1.00 bits per heavy atom. The van der Waals surface area contributed by atoms with Crippen LogP contribution in [0, 0.1) is 24.7 Å². The highest BCUT2D eigenvalue weighted by molar-refractivity contribution is 5.93. The lowest BCUT2D eigenvalue weighted by molar-refractivity contribution is -0.191. The van der Waals surface area contributed by atoms with Gasteiger partial charge in [0.1, 0.15) is 35.8 Å². The Hall–Kier alpha value is -5.16. The number of phenols is 1. The zero-order valence-electron chi connectivity index (χ0n) is 38.4. The molecular formula is C48H69N5O11. The number of Topliss-reactive ketones (excluding diaryl/α,β-unsaturated/α-hetero) is 1. The summed E-state index contributed by atoms with van der Waals surface area (Å²) in [5.41, 5.74) is 5.53. The number of hydrazine groups is 1. The molecule has 4 amide bonds. The van der Waals surface area contributed by atoms with E-state index in [1.807, 2.05) is 6.92 Å². The number of benzene rings is 1. The zero-order chi connectivity index (χ0) is 47.1. The molecular weight excluding hydrogens is 823 g/mol. The molecule has 0 aliphatic carbocycles. The third kappa shape index (κ3) is 14.4. The maximum Gasteiger partial charge on any atom is 0.325 e. The van der Waals surface area contributed by atoms with Crippen molar-refractivity contribution in [2.75, 3.05) is 19.7 Å². The number of nitrogens with one attached hydrogen (secondary N) is 3. The lowest BCUT2D eigenvalue weighted by atomic mass is 9.84. The van der Waals surface area contributed by atoms with Crippen LogP contribution in [0.4, 0.5) is 0 Å². The van der Waals surface area contributed by atoms with Gasteiger partial charge in [0.2, 0.25) is 11.8 Å². The van der Waals surface area contributed by atoms with E-state index in [0.29, 0.717) is 54.7 Å². The molecule has 8 atom stereocenters. The number of amides is 4. The summed E-state index contributed by atoms with van der Waals surface area (Å²) in [5.74, 6) is -5.56. The number of fused-ring (bicyclic) bond motifs is 2. The summed E-state index contributed by atoms with van der Waals surface area (Å²) >= 11 is 0. The van der Waals surface area contributed by atoms with Gasteiger partial charge in [0.25, 0.3) is 11.8 Å². The fourth-order valence-electron chi connectivity index (χ4n) is 7.97. The predicted octanol–water partition coefficient (Wildman–Crippen LogP) is 3.75. The van der Waals surface area contributed by atoms with Crippen LogP contribution >= 0.6 is 0 Å². The number of hydrogen-bond donors (Lipinski definition) is 6. The molecule has 3 aliphatic heterocycles. The summed E-state index contributed by atoms with van der Waals surface area (Å²) in [6.07, 6.45) is 10.6. The van der Waals surface area contributed by atoms with Gasteiger partial charge in [-0.25, -0.2) is 10.5 Å². The Kier molecular flexibility index (Phi) is 19.9. The first-order valence-corrected chi connectivity index (χ1v) is 22.6. The number of hydroxylamine groups is 2. The number of ether oxygens (including phenoxy) is 1. The van der Waals surface area contributed by atoms with Gasteiger partial charge in [-0.3, -0.25) is 33.8 Å². The van der Waals surface area contributed by atoms with E-state index in [0.717, 1.165) is 12.8 Å². The molecule has 3 aliphatic rings. The van der Waals surface area contributed by atoms with Crippen molar-refractivity contribution < 1.29 is 53.7 Å². The number of rotatable bonds is 10. The Bertz CT molecular complexity index is 1940. The number of allylic oxidation sites excluding steroid dienone is 4. The molecule has 6 N–H and O–H groups in total. The fraction of sp³-hybridized carbons (Fsp3) is 0.583. The van der Waals surface area contributed by atoms with Gasteiger partial charge in [0.05, 0.1) is 24.7 Å².